The number of amides is 2. The third kappa shape index (κ3) is 8.55. The van der Waals surface area contributed by atoms with E-state index in [-0.39, 0.29) is 29.8 Å². The van der Waals surface area contributed by atoms with E-state index in [9.17, 15) is 27.9 Å². The highest BCUT2D eigenvalue weighted by Gasteiger charge is 2.53. The number of nitrogens with two attached hydrogens (primary N) is 1. The maximum Gasteiger partial charge on any atom is 0.490 e. The number of rotatable bonds is 8. The topological polar surface area (TPSA) is 142 Å². The molecule has 1 saturated carbocycles. The number of fused-ring (bicyclic) bond motifs is 3. The van der Waals surface area contributed by atoms with Crippen LogP contribution in [0.2, 0.25) is 0 Å². The molecule has 3 aromatic rings. The van der Waals surface area contributed by atoms with E-state index in [1.165, 1.54) is 29.2 Å². The Morgan fingerprint density at radius 2 is 1.44 bits per heavy atom. The number of aliphatic hydroxyl groups is 1. The van der Waals surface area contributed by atoms with Gasteiger partial charge in [-0.05, 0) is 98.0 Å². The van der Waals surface area contributed by atoms with Gasteiger partial charge >= 0.3 is 18.1 Å². The lowest BCUT2D eigenvalue weighted by Gasteiger charge is -2.41. The van der Waals surface area contributed by atoms with E-state index < -0.39 is 47.6 Å². The van der Waals surface area contributed by atoms with Crippen LogP contribution >= 0.6 is 15.9 Å². The van der Waals surface area contributed by atoms with Crippen molar-refractivity contribution < 1.29 is 51.3 Å². The second kappa shape index (κ2) is 15.2. The first-order valence-electron chi connectivity index (χ1n) is 16.2. The maximum atomic E-state index is 16.1. The van der Waals surface area contributed by atoms with Gasteiger partial charge in [-0.1, -0.05) is 46.3 Å². The molecule has 2 unspecified atom stereocenters. The van der Waals surface area contributed by atoms with Gasteiger partial charge in [0.1, 0.15) is 5.75 Å². The van der Waals surface area contributed by atoms with Crippen molar-refractivity contribution >= 4 is 44.5 Å². The molecule has 4 atom stereocenters. The Morgan fingerprint density at radius 1 is 0.880 bits per heavy atom. The molecule has 6 rings (SSSR count). The highest BCUT2D eigenvalue weighted by Crippen LogP contribution is 2.40. The number of ether oxygens (including phenoxy) is 1. The summed E-state index contributed by atoms with van der Waals surface area (Å²) in [5.74, 6) is -7.68. The summed E-state index contributed by atoms with van der Waals surface area (Å²) in [6, 6.07) is 13.2. The van der Waals surface area contributed by atoms with E-state index in [1.807, 2.05) is 18.2 Å². The molecule has 50 heavy (non-hydrogen) atoms. The van der Waals surface area contributed by atoms with E-state index in [2.05, 4.69) is 21.2 Å². The summed E-state index contributed by atoms with van der Waals surface area (Å²) in [5, 5.41) is 22.0. The van der Waals surface area contributed by atoms with Crippen LogP contribution in [0.4, 0.5) is 22.0 Å². The number of nitrogens with zero attached hydrogens (tertiary/aromatic N) is 1. The van der Waals surface area contributed by atoms with Crippen LogP contribution < -0.4 is 15.8 Å². The lowest BCUT2D eigenvalue weighted by molar-refractivity contribution is -0.192. The fourth-order valence-electron chi connectivity index (χ4n) is 6.93. The van der Waals surface area contributed by atoms with Gasteiger partial charge in [0.05, 0.1) is 6.10 Å². The van der Waals surface area contributed by atoms with Crippen LogP contribution in [-0.2, 0) is 20.3 Å². The molecule has 3 aromatic carbocycles. The van der Waals surface area contributed by atoms with Crippen molar-refractivity contribution in [1.82, 2.24) is 10.2 Å². The van der Waals surface area contributed by atoms with Crippen molar-refractivity contribution in [2.75, 3.05) is 0 Å². The molecule has 0 aromatic heterocycles. The number of piperidine rings is 1. The number of hydrogen-bond acceptors (Lipinski definition) is 6. The van der Waals surface area contributed by atoms with Gasteiger partial charge in [0.25, 0.3) is 11.8 Å². The SMILES string of the molecule is NC1CC2CCC(C1)N2C(=O)[C@H](NC(=O)[C@H](O)c1ccc2cc(OC3CCCC3)ccc2c1)C(F)(F)c1ccc(Br)cc1.O=C(O)C(F)(F)F. The average molecular weight is 771 g/mol. The number of halogens is 6. The van der Waals surface area contributed by atoms with Crippen LogP contribution in [-0.4, -0.2) is 69.3 Å². The van der Waals surface area contributed by atoms with E-state index in [0.29, 0.717) is 30.2 Å². The number of aliphatic hydroxyl groups excluding tert-OH is 1. The quantitative estimate of drug-likeness (QED) is 0.196. The number of alkyl halides is 5. The molecule has 5 N–H and O–H groups in total. The molecule has 9 nitrogen and oxygen atoms in total. The molecule has 0 spiro atoms. The molecular formula is C35H37BrF5N3O6. The van der Waals surface area contributed by atoms with E-state index in [0.717, 1.165) is 42.2 Å². The molecule has 2 heterocycles. The summed E-state index contributed by atoms with van der Waals surface area (Å²) in [6.45, 7) is 0. The number of carbonyl (C=O) groups is 3. The van der Waals surface area contributed by atoms with Crippen LogP contribution in [0.15, 0.2) is 65.1 Å². The lowest BCUT2D eigenvalue weighted by atomic mass is 9.94. The number of carbonyl (C=O) groups excluding carboxylic acids is 2. The third-order valence-electron chi connectivity index (χ3n) is 9.40. The molecule has 2 aliphatic heterocycles. The number of benzene rings is 3. The standard InChI is InChI=1S/C33H36BrF2N3O4.C2HF3O2/c34-23-10-8-22(9-11-23)33(35,36)30(32(42)39-25-12-13-26(39)18-24(37)17-25)38-31(41)29(40)21-6-5-20-16-28(14-7-19(20)15-21)43-27-3-1-2-4-27;3-2(4,5)1(6)7/h5-11,14-16,24-27,29-30,40H,1-4,12-13,17-18,37H2,(H,38,41);(H,6,7)/t24?,25?,26?,29-,30+;/m1./s1. The second-order valence-electron chi connectivity index (χ2n) is 12.9. The molecule has 15 heteroatoms. The molecule has 2 amide bonds. The first-order chi connectivity index (χ1) is 23.5. The number of nitrogens with one attached hydrogen (secondary N) is 1. The van der Waals surface area contributed by atoms with Crippen LogP contribution in [0.5, 0.6) is 5.75 Å². The Morgan fingerprint density at radius 3 is 2.02 bits per heavy atom. The van der Waals surface area contributed by atoms with Crippen molar-refractivity contribution in [2.45, 2.75) is 99.8 Å². The van der Waals surface area contributed by atoms with Gasteiger partial charge in [0, 0.05) is 28.2 Å². The average Bonchev–Trinajstić information content (AvgIpc) is 3.67. The van der Waals surface area contributed by atoms with Crippen molar-refractivity contribution in [3.8, 4) is 5.75 Å². The van der Waals surface area contributed by atoms with Crippen molar-refractivity contribution in [3.05, 3.63) is 76.3 Å². The smallest absolute Gasteiger partial charge is 0.490 e. The minimum atomic E-state index is -5.08. The summed E-state index contributed by atoms with van der Waals surface area (Å²) in [6.07, 6.45) is 0.187. The molecule has 1 aliphatic carbocycles. The first-order valence-corrected chi connectivity index (χ1v) is 17.0. The molecule has 2 saturated heterocycles. The predicted molar refractivity (Wildman–Crippen MR) is 176 cm³/mol. The highest BCUT2D eigenvalue weighted by atomic mass is 79.9. The van der Waals surface area contributed by atoms with Crippen LogP contribution in [0.1, 0.15) is 68.6 Å². The van der Waals surface area contributed by atoms with Gasteiger partial charge in [-0.15, -0.1) is 0 Å². The van der Waals surface area contributed by atoms with Crippen molar-refractivity contribution in [2.24, 2.45) is 5.73 Å². The number of carboxylic acids is 1. The predicted octanol–water partition coefficient (Wildman–Crippen LogP) is 6.35. The van der Waals surface area contributed by atoms with Gasteiger partial charge in [0.15, 0.2) is 12.1 Å². The summed E-state index contributed by atoms with van der Waals surface area (Å²) >= 11 is 3.25. The summed E-state index contributed by atoms with van der Waals surface area (Å²) in [7, 11) is 0. The Kier molecular flexibility index (Phi) is 11.4. The second-order valence-corrected chi connectivity index (χ2v) is 13.8. The zero-order valence-electron chi connectivity index (χ0n) is 26.7. The van der Waals surface area contributed by atoms with Crippen LogP contribution in [0.25, 0.3) is 10.8 Å². The first kappa shape index (κ1) is 37.4. The molecular weight excluding hydrogens is 733 g/mol. The zero-order chi connectivity index (χ0) is 36.4. The molecule has 270 valence electrons. The van der Waals surface area contributed by atoms with E-state index in [4.69, 9.17) is 20.4 Å². The maximum absolute atomic E-state index is 16.1. The van der Waals surface area contributed by atoms with Gasteiger partial charge < -0.3 is 30.9 Å². The van der Waals surface area contributed by atoms with Gasteiger partial charge in [0.2, 0.25) is 0 Å². The zero-order valence-corrected chi connectivity index (χ0v) is 28.3. The molecule has 3 aliphatic rings. The summed E-state index contributed by atoms with van der Waals surface area (Å²) in [5.41, 5.74) is 5.98. The van der Waals surface area contributed by atoms with Crippen LogP contribution in [0.3, 0.4) is 0 Å². The van der Waals surface area contributed by atoms with E-state index in [1.54, 1.807) is 18.2 Å². The minimum absolute atomic E-state index is 0.0957. The van der Waals surface area contributed by atoms with Gasteiger partial charge in [-0.2, -0.15) is 22.0 Å². The highest BCUT2D eigenvalue weighted by molar-refractivity contribution is 9.10. The monoisotopic (exact) mass is 769 g/mol. The van der Waals surface area contributed by atoms with E-state index >= 15 is 8.78 Å². The van der Waals surface area contributed by atoms with Gasteiger partial charge in [-0.25, -0.2) is 4.79 Å². The molecule has 3 fully saturated rings. The van der Waals surface area contributed by atoms with Gasteiger partial charge in [-0.3, -0.25) is 9.59 Å². The fourth-order valence-corrected chi connectivity index (χ4v) is 7.20. The summed E-state index contributed by atoms with van der Waals surface area (Å²) < 4.78 is 70.7. The lowest BCUT2D eigenvalue weighted by Crippen LogP contribution is -2.61. The molecule has 2 bridgehead atoms. The number of aliphatic carboxylic acids is 1. The Hall–Kier alpha value is -3.82. The number of hydrogen-bond donors (Lipinski definition) is 4. The minimum Gasteiger partial charge on any atom is -0.490 e. The fraction of sp³-hybridized carbons (Fsp3) is 0.457. The number of carboxylic acid groups (broad SMARTS) is 1. The largest absolute Gasteiger partial charge is 0.490 e. The summed E-state index contributed by atoms with van der Waals surface area (Å²) in [4.78, 5) is 37.6. The normalized spacial score (nSPS) is 22.0. The Balaban J connectivity index is 0.000000630. The van der Waals surface area contributed by atoms with Crippen LogP contribution in [0, 0.1) is 0 Å². The third-order valence-corrected chi connectivity index (χ3v) is 9.93. The molecule has 0 radical (unpaired) electrons. The van der Waals surface area contributed by atoms with Crippen molar-refractivity contribution in [1.29, 1.82) is 0 Å². The Labute approximate surface area is 293 Å². The Bertz CT molecular complexity index is 1690. The van der Waals surface area contributed by atoms with Crippen molar-refractivity contribution in [3.63, 3.8) is 0 Å².